The minimum absolute atomic E-state index is 0.0369. The molecule has 3 rings (SSSR count). The van der Waals surface area contributed by atoms with E-state index in [1.807, 2.05) is 18.2 Å². The minimum Gasteiger partial charge on any atom is -0.356 e. The van der Waals surface area contributed by atoms with E-state index in [1.165, 1.54) is 18.2 Å². The molecule has 0 atom stereocenters. The average Bonchev–Trinajstić information content (AvgIpc) is 2.82. The Morgan fingerprint density at radius 3 is 2.90 bits per heavy atom. The molecule has 1 amide bonds. The summed E-state index contributed by atoms with van der Waals surface area (Å²) in [7, 11) is 0. The summed E-state index contributed by atoms with van der Waals surface area (Å²) >= 11 is 0. The molecule has 20 heavy (non-hydrogen) atoms. The topological polar surface area (TPSA) is 68.0 Å². The van der Waals surface area contributed by atoms with Crippen LogP contribution in [0.1, 0.15) is 5.69 Å². The van der Waals surface area contributed by atoms with Crippen molar-refractivity contribution in [1.82, 2.24) is 10.1 Å². The second-order valence-corrected chi connectivity index (χ2v) is 4.20. The van der Waals surface area contributed by atoms with Gasteiger partial charge in [0.25, 0.3) is 0 Å². The summed E-state index contributed by atoms with van der Waals surface area (Å²) in [5.74, 6) is -0.806. The third kappa shape index (κ3) is 2.49. The van der Waals surface area contributed by atoms with E-state index >= 15 is 0 Å². The Labute approximate surface area is 113 Å². The maximum absolute atomic E-state index is 12.9. The third-order valence-corrected chi connectivity index (χ3v) is 2.76. The van der Waals surface area contributed by atoms with Crippen molar-refractivity contribution in [3.8, 4) is 0 Å². The molecule has 100 valence electrons. The van der Waals surface area contributed by atoms with Crippen LogP contribution < -0.4 is 5.32 Å². The molecule has 0 saturated carbocycles. The summed E-state index contributed by atoms with van der Waals surface area (Å²) in [6.07, 6.45) is 0.0369. The molecule has 0 aliphatic carbocycles. The molecule has 2 aromatic heterocycles. The average molecular weight is 271 g/mol. The Balaban J connectivity index is 1.76. The number of pyridine rings is 1. The molecule has 5 nitrogen and oxygen atoms in total. The predicted octanol–water partition coefficient (Wildman–Crippen LogP) is 2.54. The first-order chi connectivity index (χ1) is 9.72. The van der Waals surface area contributed by atoms with Gasteiger partial charge in [0.05, 0.1) is 6.42 Å². The molecule has 0 fully saturated rings. The minimum atomic E-state index is -0.644. The number of hydrogen-bond acceptors (Lipinski definition) is 4. The predicted molar refractivity (Wildman–Crippen MR) is 70.5 cm³/mol. The molecule has 0 spiro atoms. The molecule has 0 unspecified atom stereocenters. The van der Waals surface area contributed by atoms with Crippen LogP contribution in [0.4, 0.5) is 10.2 Å². The van der Waals surface area contributed by atoms with Crippen LogP contribution in [0.5, 0.6) is 0 Å². The maximum Gasteiger partial charge on any atom is 0.231 e. The number of benzene rings is 1. The van der Waals surface area contributed by atoms with E-state index in [1.54, 1.807) is 6.07 Å². The third-order valence-electron chi connectivity index (χ3n) is 2.76. The van der Waals surface area contributed by atoms with Gasteiger partial charge >= 0.3 is 0 Å². The molecule has 0 bridgehead atoms. The van der Waals surface area contributed by atoms with Crippen molar-refractivity contribution < 1.29 is 13.7 Å². The molecule has 1 N–H and O–H groups in total. The molecule has 0 saturated heterocycles. The van der Waals surface area contributed by atoms with Crippen molar-refractivity contribution in [3.63, 3.8) is 0 Å². The quantitative estimate of drug-likeness (QED) is 0.743. The maximum atomic E-state index is 12.9. The molecule has 2 heterocycles. The smallest absolute Gasteiger partial charge is 0.231 e. The lowest BCUT2D eigenvalue weighted by Crippen LogP contribution is -2.15. The zero-order chi connectivity index (χ0) is 13.9. The summed E-state index contributed by atoms with van der Waals surface area (Å²) < 4.78 is 18.0. The summed E-state index contributed by atoms with van der Waals surface area (Å²) in [4.78, 5) is 15.4. The highest BCUT2D eigenvalue weighted by Crippen LogP contribution is 2.18. The lowest BCUT2D eigenvalue weighted by atomic mass is 10.1. The van der Waals surface area contributed by atoms with Gasteiger partial charge in [0.1, 0.15) is 11.5 Å². The first kappa shape index (κ1) is 12.3. The van der Waals surface area contributed by atoms with Crippen molar-refractivity contribution in [2.24, 2.45) is 0 Å². The Bertz CT molecular complexity index is 770. The van der Waals surface area contributed by atoms with Crippen LogP contribution in [0.25, 0.3) is 11.0 Å². The van der Waals surface area contributed by atoms with E-state index < -0.39 is 5.95 Å². The Morgan fingerprint density at radius 1 is 1.20 bits per heavy atom. The lowest BCUT2D eigenvalue weighted by molar-refractivity contribution is -0.115. The second kappa shape index (κ2) is 5.08. The van der Waals surface area contributed by atoms with Crippen LogP contribution in [-0.2, 0) is 11.2 Å². The van der Waals surface area contributed by atoms with E-state index in [4.69, 9.17) is 4.52 Å². The van der Waals surface area contributed by atoms with Crippen LogP contribution in [-0.4, -0.2) is 16.0 Å². The van der Waals surface area contributed by atoms with Gasteiger partial charge in [-0.2, -0.15) is 4.39 Å². The van der Waals surface area contributed by atoms with E-state index in [-0.39, 0.29) is 18.1 Å². The summed E-state index contributed by atoms with van der Waals surface area (Å²) in [5, 5.41) is 7.17. The summed E-state index contributed by atoms with van der Waals surface area (Å²) in [5.41, 5.74) is 1.16. The van der Waals surface area contributed by atoms with Crippen molar-refractivity contribution in [2.75, 3.05) is 5.32 Å². The van der Waals surface area contributed by atoms with Crippen LogP contribution >= 0.6 is 0 Å². The first-order valence-electron chi connectivity index (χ1n) is 5.98. The molecule has 0 radical (unpaired) electrons. The van der Waals surface area contributed by atoms with Crippen molar-refractivity contribution >= 4 is 22.7 Å². The van der Waals surface area contributed by atoms with Gasteiger partial charge in [-0.1, -0.05) is 23.4 Å². The number of nitrogens with one attached hydrogen (secondary N) is 1. The second-order valence-electron chi connectivity index (χ2n) is 4.20. The van der Waals surface area contributed by atoms with Gasteiger partial charge in [-0.3, -0.25) is 4.79 Å². The zero-order valence-corrected chi connectivity index (χ0v) is 10.3. The SMILES string of the molecule is O=C(Cc1noc2ccccc12)Nc1cccc(F)n1. The molecule has 1 aromatic carbocycles. The van der Waals surface area contributed by atoms with Crippen molar-refractivity contribution in [2.45, 2.75) is 6.42 Å². The number of amides is 1. The van der Waals surface area contributed by atoms with E-state index in [9.17, 15) is 9.18 Å². The van der Waals surface area contributed by atoms with Gasteiger partial charge in [-0.25, -0.2) is 4.98 Å². The highest BCUT2D eigenvalue weighted by Gasteiger charge is 2.12. The summed E-state index contributed by atoms with van der Waals surface area (Å²) in [6, 6.07) is 11.5. The van der Waals surface area contributed by atoms with Gasteiger partial charge in [0.2, 0.25) is 11.9 Å². The Kier molecular flexibility index (Phi) is 3.12. The van der Waals surface area contributed by atoms with Gasteiger partial charge < -0.3 is 9.84 Å². The number of carbonyl (C=O) groups is 1. The van der Waals surface area contributed by atoms with Gasteiger partial charge in [-0.05, 0) is 24.3 Å². The largest absolute Gasteiger partial charge is 0.356 e. The normalized spacial score (nSPS) is 10.7. The van der Waals surface area contributed by atoms with Crippen molar-refractivity contribution in [3.05, 3.63) is 54.1 Å². The standard InChI is InChI=1S/C14H10FN3O2/c15-12-6-3-7-13(16-12)17-14(19)8-10-9-4-1-2-5-11(9)20-18-10/h1-7H,8H2,(H,16,17,19). The van der Waals surface area contributed by atoms with E-state index in [0.29, 0.717) is 11.3 Å². The zero-order valence-electron chi connectivity index (χ0n) is 10.3. The fourth-order valence-electron chi connectivity index (χ4n) is 1.88. The van der Waals surface area contributed by atoms with Gasteiger partial charge in [0, 0.05) is 5.39 Å². The Morgan fingerprint density at radius 2 is 2.05 bits per heavy atom. The molecule has 0 aliphatic rings. The number of anilines is 1. The van der Waals surface area contributed by atoms with Crippen LogP contribution in [0, 0.1) is 5.95 Å². The molecule has 6 heteroatoms. The number of rotatable bonds is 3. The van der Waals surface area contributed by atoms with E-state index in [0.717, 1.165) is 5.39 Å². The van der Waals surface area contributed by atoms with Gasteiger partial charge in [-0.15, -0.1) is 0 Å². The molecular formula is C14H10FN3O2. The molecular weight excluding hydrogens is 261 g/mol. The van der Waals surface area contributed by atoms with Crippen LogP contribution in [0.15, 0.2) is 47.0 Å². The number of aromatic nitrogens is 2. The highest BCUT2D eigenvalue weighted by molar-refractivity contribution is 5.93. The number of fused-ring (bicyclic) bond motifs is 1. The number of hydrogen-bond donors (Lipinski definition) is 1. The monoisotopic (exact) mass is 271 g/mol. The first-order valence-corrected chi connectivity index (χ1v) is 5.98. The fraction of sp³-hybridized carbons (Fsp3) is 0.0714. The summed E-state index contributed by atoms with van der Waals surface area (Å²) in [6.45, 7) is 0. The molecule has 0 aliphatic heterocycles. The van der Waals surface area contributed by atoms with E-state index in [2.05, 4.69) is 15.5 Å². The van der Waals surface area contributed by atoms with Crippen LogP contribution in [0.3, 0.4) is 0 Å². The van der Waals surface area contributed by atoms with Crippen molar-refractivity contribution in [1.29, 1.82) is 0 Å². The number of halogens is 1. The number of carbonyl (C=O) groups excluding carboxylic acids is 1. The highest BCUT2D eigenvalue weighted by atomic mass is 19.1. The number of nitrogens with zero attached hydrogens (tertiary/aromatic N) is 2. The van der Waals surface area contributed by atoms with Gasteiger partial charge in [0.15, 0.2) is 5.58 Å². The Hall–Kier alpha value is -2.76. The molecule has 3 aromatic rings. The fourth-order valence-corrected chi connectivity index (χ4v) is 1.88. The van der Waals surface area contributed by atoms with Crippen LogP contribution in [0.2, 0.25) is 0 Å². The lowest BCUT2D eigenvalue weighted by Gasteiger charge is -2.02. The number of para-hydroxylation sites is 1.